The fourth-order valence-electron chi connectivity index (χ4n) is 4.79. The first kappa shape index (κ1) is 25.0. The SMILES string of the molecule is O=C(O)N1CCC(C(F)(F)F)CC1c1nn(C(=O)N2CCC(C(F)(F)F)CC2)c2cc(F)ccc12. The van der Waals surface area contributed by atoms with Gasteiger partial charge in [0, 0.05) is 31.1 Å². The summed E-state index contributed by atoms with van der Waals surface area (Å²) in [5.41, 5.74) is -0.253. The lowest BCUT2D eigenvalue weighted by molar-refractivity contribution is -0.188. The molecule has 35 heavy (non-hydrogen) atoms. The summed E-state index contributed by atoms with van der Waals surface area (Å²) in [7, 11) is 0. The van der Waals surface area contributed by atoms with E-state index in [9.17, 15) is 45.4 Å². The van der Waals surface area contributed by atoms with Crippen molar-refractivity contribution in [1.29, 1.82) is 0 Å². The van der Waals surface area contributed by atoms with E-state index >= 15 is 0 Å². The summed E-state index contributed by atoms with van der Waals surface area (Å²) in [5.74, 6) is -4.15. The van der Waals surface area contributed by atoms with Gasteiger partial charge in [0.15, 0.2) is 0 Å². The number of hydrogen-bond donors (Lipinski definition) is 1. The molecule has 1 aromatic carbocycles. The molecule has 2 aliphatic rings. The van der Waals surface area contributed by atoms with Gasteiger partial charge in [-0.25, -0.2) is 14.0 Å². The molecule has 1 N–H and O–H groups in total. The standard InChI is InChI=1S/C21H21F7N4O3/c22-13-1-2-14-15(10-13)32(18(33)30-6-3-11(4-7-30)20(23,24)25)29-17(14)16-9-12(21(26,27)28)5-8-31(16)19(34)35/h1-2,10-12,16H,3-9H2,(H,34,35). The van der Waals surface area contributed by atoms with Crippen LogP contribution in [-0.2, 0) is 0 Å². The van der Waals surface area contributed by atoms with Crippen molar-refractivity contribution in [3.8, 4) is 0 Å². The Labute approximate surface area is 194 Å². The Balaban J connectivity index is 1.71. The zero-order valence-electron chi connectivity index (χ0n) is 18.1. The lowest BCUT2D eigenvalue weighted by atomic mass is 9.88. The number of hydrogen-bond acceptors (Lipinski definition) is 3. The number of amides is 2. The van der Waals surface area contributed by atoms with Gasteiger partial charge in [0.2, 0.25) is 0 Å². The normalized spacial score (nSPS) is 22.6. The predicted molar refractivity (Wildman–Crippen MR) is 107 cm³/mol. The first-order valence-corrected chi connectivity index (χ1v) is 10.9. The van der Waals surface area contributed by atoms with Gasteiger partial charge >= 0.3 is 24.5 Å². The lowest BCUT2D eigenvalue weighted by Gasteiger charge is -2.37. The number of aromatic nitrogens is 2. The van der Waals surface area contributed by atoms with Gasteiger partial charge in [0.25, 0.3) is 0 Å². The summed E-state index contributed by atoms with van der Waals surface area (Å²) in [6.45, 7) is -0.899. The fraction of sp³-hybridized carbons (Fsp3) is 0.571. The van der Waals surface area contributed by atoms with E-state index in [4.69, 9.17) is 0 Å². The molecule has 0 saturated carbocycles. The Morgan fingerprint density at radius 1 is 0.943 bits per heavy atom. The lowest BCUT2D eigenvalue weighted by Crippen LogP contribution is -2.45. The average Bonchev–Trinajstić information content (AvgIpc) is 3.15. The summed E-state index contributed by atoms with van der Waals surface area (Å²) in [4.78, 5) is 26.8. The van der Waals surface area contributed by atoms with E-state index in [0.29, 0.717) is 0 Å². The summed E-state index contributed by atoms with van der Waals surface area (Å²) in [6.07, 6.45) is -12.2. The largest absolute Gasteiger partial charge is 0.465 e. The van der Waals surface area contributed by atoms with Crippen LogP contribution in [0.5, 0.6) is 0 Å². The third kappa shape index (κ3) is 4.87. The highest BCUT2D eigenvalue weighted by atomic mass is 19.4. The topological polar surface area (TPSA) is 78.7 Å². The minimum absolute atomic E-state index is 0.0870. The molecule has 0 bridgehead atoms. The summed E-state index contributed by atoms with van der Waals surface area (Å²) in [5, 5.41) is 13.8. The van der Waals surface area contributed by atoms with Crippen molar-refractivity contribution in [3.05, 3.63) is 29.7 Å². The quantitative estimate of drug-likeness (QED) is 0.521. The van der Waals surface area contributed by atoms with Crippen LogP contribution in [0.25, 0.3) is 10.9 Å². The van der Waals surface area contributed by atoms with Crippen LogP contribution < -0.4 is 0 Å². The van der Waals surface area contributed by atoms with Crippen LogP contribution in [-0.4, -0.2) is 68.8 Å². The molecule has 0 radical (unpaired) electrons. The third-order valence-electron chi connectivity index (χ3n) is 6.71. The molecule has 14 heteroatoms. The van der Waals surface area contributed by atoms with E-state index in [1.807, 2.05) is 0 Å². The molecule has 4 rings (SSSR count). The van der Waals surface area contributed by atoms with Gasteiger partial charge in [0.1, 0.15) is 5.82 Å². The van der Waals surface area contributed by atoms with Gasteiger partial charge in [-0.3, -0.25) is 4.90 Å². The first-order valence-electron chi connectivity index (χ1n) is 10.9. The van der Waals surface area contributed by atoms with E-state index in [1.165, 1.54) is 6.07 Å². The Bertz CT molecular complexity index is 1120. The van der Waals surface area contributed by atoms with Crippen molar-refractivity contribution < 1.29 is 45.4 Å². The van der Waals surface area contributed by atoms with E-state index in [2.05, 4.69) is 5.10 Å². The van der Waals surface area contributed by atoms with Crippen LogP contribution in [0, 0.1) is 17.7 Å². The predicted octanol–water partition coefficient (Wildman–Crippen LogP) is 5.41. The number of likely N-dealkylation sites (tertiary alicyclic amines) is 2. The number of rotatable bonds is 1. The van der Waals surface area contributed by atoms with Gasteiger partial charge in [-0.15, -0.1) is 0 Å². The van der Waals surface area contributed by atoms with E-state index < -0.39 is 67.6 Å². The van der Waals surface area contributed by atoms with Gasteiger partial charge < -0.3 is 10.0 Å². The van der Waals surface area contributed by atoms with Crippen LogP contribution in [0.15, 0.2) is 18.2 Å². The monoisotopic (exact) mass is 510 g/mol. The van der Waals surface area contributed by atoms with Crippen molar-refractivity contribution in [2.45, 2.75) is 44.1 Å². The molecule has 0 aliphatic carbocycles. The van der Waals surface area contributed by atoms with Crippen LogP contribution >= 0.6 is 0 Å². The number of carbonyl (C=O) groups is 2. The van der Waals surface area contributed by atoms with Crippen LogP contribution in [0.3, 0.4) is 0 Å². The summed E-state index contributed by atoms with van der Waals surface area (Å²) < 4.78 is 94.0. The van der Waals surface area contributed by atoms with Crippen molar-refractivity contribution >= 4 is 23.0 Å². The maximum Gasteiger partial charge on any atom is 0.407 e. The molecule has 2 amide bonds. The molecule has 2 atom stereocenters. The second kappa shape index (κ2) is 8.86. The molecule has 3 heterocycles. The maximum atomic E-state index is 14.0. The fourth-order valence-corrected chi connectivity index (χ4v) is 4.79. The molecule has 2 unspecified atom stereocenters. The van der Waals surface area contributed by atoms with Crippen molar-refractivity contribution in [1.82, 2.24) is 19.6 Å². The van der Waals surface area contributed by atoms with Crippen molar-refractivity contribution in [3.63, 3.8) is 0 Å². The van der Waals surface area contributed by atoms with Gasteiger partial charge in [-0.2, -0.15) is 36.1 Å². The molecular formula is C21H21F7N4O3. The molecule has 1 aromatic heterocycles. The van der Waals surface area contributed by atoms with Crippen LogP contribution in [0.1, 0.15) is 37.4 Å². The second-order valence-electron chi connectivity index (χ2n) is 8.80. The number of halogens is 7. The molecule has 192 valence electrons. The summed E-state index contributed by atoms with van der Waals surface area (Å²) in [6, 6.07) is 0.917. The Hall–Kier alpha value is -3.06. The van der Waals surface area contributed by atoms with Crippen molar-refractivity contribution in [2.24, 2.45) is 11.8 Å². The molecule has 2 aliphatic heterocycles. The minimum Gasteiger partial charge on any atom is -0.465 e. The molecular weight excluding hydrogens is 489 g/mol. The number of carbonyl (C=O) groups excluding carboxylic acids is 1. The van der Waals surface area contributed by atoms with Gasteiger partial charge in [-0.1, -0.05) is 0 Å². The number of piperidine rings is 2. The van der Waals surface area contributed by atoms with Gasteiger partial charge in [-0.05, 0) is 37.8 Å². The molecule has 2 saturated heterocycles. The highest BCUT2D eigenvalue weighted by molar-refractivity contribution is 5.92. The van der Waals surface area contributed by atoms with E-state index in [1.54, 1.807) is 0 Å². The zero-order chi connectivity index (χ0) is 25.7. The molecule has 2 aromatic rings. The number of benzene rings is 1. The number of alkyl halides is 6. The summed E-state index contributed by atoms with van der Waals surface area (Å²) >= 11 is 0. The first-order chi connectivity index (χ1) is 16.3. The van der Waals surface area contributed by atoms with Crippen molar-refractivity contribution in [2.75, 3.05) is 19.6 Å². The Morgan fingerprint density at radius 2 is 1.54 bits per heavy atom. The van der Waals surface area contributed by atoms with E-state index in [0.717, 1.165) is 26.6 Å². The molecule has 7 nitrogen and oxygen atoms in total. The highest BCUT2D eigenvalue weighted by Crippen LogP contribution is 2.43. The number of nitrogens with zero attached hydrogens (tertiary/aromatic N) is 4. The minimum atomic E-state index is -4.58. The second-order valence-corrected chi connectivity index (χ2v) is 8.80. The smallest absolute Gasteiger partial charge is 0.407 e. The Morgan fingerprint density at radius 3 is 2.11 bits per heavy atom. The third-order valence-corrected chi connectivity index (χ3v) is 6.71. The zero-order valence-corrected chi connectivity index (χ0v) is 18.1. The van der Waals surface area contributed by atoms with E-state index in [-0.39, 0.29) is 42.5 Å². The van der Waals surface area contributed by atoms with Gasteiger partial charge in [0.05, 0.1) is 29.1 Å². The Kier molecular flexibility index (Phi) is 6.34. The van der Waals surface area contributed by atoms with Crippen LogP contribution in [0.4, 0.5) is 40.3 Å². The maximum absolute atomic E-state index is 14.0. The number of fused-ring (bicyclic) bond motifs is 1. The molecule has 0 spiro atoms. The van der Waals surface area contributed by atoms with Crippen LogP contribution in [0.2, 0.25) is 0 Å². The molecule has 2 fully saturated rings. The average molecular weight is 510 g/mol. The number of carboxylic acid groups (broad SMARTS) is 1. The highest BCUT2D eigenvalue weighted by Gasteiger charge is 2.47.